The molecule has 0 aliphatic rings. The van der Waals surface area contributed by atoms with Gasteiger partial charge < -0.3 is 15.3 Å². The third kappa shape index (κ3) is 5.31. The molecule has 0 aliphatic heterocycles. The number of rotatable bonds is 7. The summed E-state index contributed by atoms with van der Waals surface area (Å²) in [7, 11) is 4.15. The first kappa shape index (κ1) is 16.2. The highest BCUT2D eigenvalue weighted by atomic mass is 16.3. The van der Waals surface area contributed by atoms with Crippen LogP contribution in [0, 0.1) is 5.92 Å². The molecule has 0 saturated heterocycles. The van der Waals surface area contributed by atoms with E-state index in [1.807, 2.05) is 37.3 Å². The first-order valence-electron chi connectivity index (χ1n) is 6.99. The molecule has 2 N–H and O–H groups in total. The number of nitrogens with one attached hydrogen (secondary N) is 1. The minimum Gasteiger partial charge on any atom is -0.384 e. The van der Waals surface area contributed by atoms with Crippen LogP contribution in [-0.4, -0.2) is 43.2 Å². The van der Waals surface area contributed by atoms with Crippen LogP contribution < -0.4 is 5.32 Å². The zero-order chi connectivity index (χ0) is 14.5. The Kier molecular flexibility index (Phi) is 5.98. The maximum Gasteiger partial charge on any atom is 0.0992 e. The number of hydrogen-bond acceptors (Lipinski definition) is 3. The van der Waals surface area contributed by atoms with Crippen molar-refractivity contribution >= 4 is 0 Å². The standard InChI is InChI=1S/C16H28N2O/c1-13(2)15(11-18(4)5)17-12-16(3,19)14-9-7-6-8-10-14/h6-10,13,15,17,19H,11-12H2,1-5H3. The highest BCUT2D eigenvalue weighted by Gasteiger charge is 2.25. The van der Waals surface area contributed by atoms with E-state index in [0.717, 1.165) is 12.1 Å². The van der Waals surface area contributed by atoms with E-state index in [-0.39, 0.29) is 0 Å². The smallest absolute Gasteiger partial charge is 0.0992 e. The average molecular weight is 264 g/mol. The SMILES string of the molecule is CC(C)C(CN(C)C)NCC(C)(O)c1ccccc1. The Bertz CT molecular complexity index is 360. The van der Waals surface area contributed by atoms with Crippen LogP contribution in [0.5, 0.6) is 0 Å². The summed E-state index contributed by atoms with van der Waals surface area (Å²) in [6, 6.07) is 10.2. The van der Waals surface area contributed by atoms with Crippen LogP contribution in [0.2, 0.25) is 0 Å². The lowest BCUT2D eigenvalue weighted by molar-refractivity contribution is 0.0505. The fraction of sp³-hybridized carbons (Fsp3) is 0.625. The zero-order valence-electron chi connectivity index (χ0n) is 12.9. The summed E-state index contributed by atoms with van der Waals surface area (Å²) < 4.78 is 0. The minimum absolute atomic E-state index is 0.380. The van der Waals surface area contributed by atoms with E-state index in [2.05, 4.69) is 38.2 Å². The van der Waals surface area contributed by atoms with Crippen LogP contribution in [0.15, 0.2) is 30.3 Å². The molecular formula is C16H28N2O. The minimum atomic E-state index is -0.833. The molecule has 0 bridgehead atoms. The van der Waals surface area contributed by atoms with Gasteiger partial charge in [-0.2, -0.15) is 0 Å². The third-order valence-electron chi connectivity index (χ3n) is 3.47. The summed E-state index contributed by atoms with van der Waals surface area (Å²) in [5, 5.41) is 14.1. The Labute approximate surface area is 117 Å². The van der Waals surface area contributed by atoms with Crippen molar-refractivity contribution in [1.29, 1.82) is 0 Å². The zero-order valence-corrected chi connectivity index (χ0v) is 12.9. The number of likely N-dealkylation sites (N-methyl/N-ethyl adjacent to an activating group) is 1. The topological polar surface area (TPSA) is 35.5 Å². The van der Waals surface area contributed by atoms with Crippen molar-refractivity contribution in [2.24, 2.45) is 5.92 Å². The van der Waals surface area contributed by atoms with Gasteiger partial charge in [0.25, 0.3) is 0 Å². The molecule has 0 heterocycles. The summed E-state index contributed by atoms with van der Waals surface area (Å²) in [6.45, 7) is 7.81. The van der Waals surface area contributed by atoms with Crippen molar-refractivity contribution in [1.82, 2.24) is 10.2 Å². The predicted octanol–water partition coefficient (Wildman–Crippen LogP) is 2.07. The van der Waals surface area contributed by atoms with Gasteiger partial charge in [0.1, 0.15) is 0 Å². The summed E-state index contributed by atoms with van der Waals surface area (Å²) >= 11 is 0. The van der Waals surface area contributed by atoms with E-state index in [9.17, 15) is 5.11 Å². The molecule has 1 aromatic carbocycles. The molecule has 3 heteroatoms. The van der Waals surface area contributed by atoms with Crippen molar-refractivity contribution in [3.05, 3.63) is 35.9 Å². The highest BCUT2D eigenvalue weighted by Crippen LogP contribution is 2.19. The molecule has 0 saturated carbocycles. The number of hydrogen-bond donors (Lipinski definition) is 2. The predicted molar refractivity (Wildman–Crippen MR) is 81.2 cm³/mol. The van der Waals surface area contributed by atoms with Gasteiger partial charge in [0.2, 0.25) is 0 Å². The fourth-order valence-electron chi connectivity index (χ4n) is 2.13. The maximum atomic E-state index is 10.6. The van der Waals surface area contributed by atoms with E-state index in [1.54, 1.807) is 0 Å². The van der Waals surface area contributed by atoms with E-state index < -0.39 is 5.60 Å². The van der Waals surface area contributed by atoms with E-state index in [4.69, 9.17) is 0 Å². The van der Waals surface area contributed by atoms with Gasteiger partial charge in [-0.15, -0.1) is 0 Å². The first-order chi connectivity index (χ1) is 8.83. The van der Waals surface area contributed by atoms with E-state index in [1.165, 1.54) is 0 Å². The molecule has 1 aromatic rings. The Morgan fingerprint density at radius 3 is 2.26 bits per heavy atom. The van der Waals surface area contributed by atoms with Crippen molar-refractivity contribution in [3.63, 3.8) is 0 Å². The Morgan fingerprint density at radius 2 is 1.79 bits per heavy atom. The summed E-state index contributed by atoms with van der Waals surface area (Å²) in [6.07, 6.45) is 0. The van der Waals surface area contributed by atoms with Crippen molar-refractivity contribution in [2.75, 3.05) is 27.2 Å². The molecule has 2 unspecified atom stereocenters. The molecule has 0 aliphatic carbocycles. The number of aliphatic hydroxyl groups is 1. The third-order valence-corrected chi connectivity index (χ3v) is 3.47. The van der Waals surface area contributed by atoms with Crippen LogP contribution in [0.4, 0.5) is 0 Å². The monoisotopic (exact) mass is 264 g/mol. The normalized spacial score (nSPS) is 16.6. The average Bonchev–Trinajstić information content (AvgIpc) is 2.35. The van der Waals surface area contributed by atoms with Crippen LogP contribution in [0.25, 0.3) is 0 Å². The second kappa shape index (κ2) is 7.04. The molecule has 2 atom stereocenters. The van der Waals surface area contributed by atoms with Crippen molar-refractivity contribution in [3.8, 4) is 0 Å². The molecule has 19 heavy (non-hydrogen) atoms. The molecule has 0 amide bonds. The van der Waals surface area contributed by atoms with Gasteiger partial charge in [0.15, 0.2) is 0 Å². The highest BCUT2D eigenvalue weighted by molar-refractivity contribution is 5.21. The second-order valence-corrected chi connectivity index (χ2v) is 6.13. The summed E-state index contributed by atoms with van der Waals surface area (Å²) in [4.78, 5) is 2.18. The molecule has 1 rings (SSSR count). The lowest BCUT2D eigenvalue weighted by Crippen LogP contribution is -2.47. The van der Waals surface area contributed by atoms with Crippen molar-refractivity contribution in [2.45, 2.75) is 32.4 Å². The Hall–Kier alpha value is -0.900. The molecule has 0 radical (unpaired) electrons. The van der Waals surface area contributed by atoms with Gasteiger partial charge in [-0.25, -0.2) is 0 Å². The maximum absolute atomic E-state index is 10.6. The van der Waals surface area contributed by atoms with Crippen LogP contribution in [0.1, 0.15) is 26.3 Å². The second-order valence-electron chi connectivity index (χ2n) is 6.13. The van der Waals surface area contributed by atoms with Gasteiger partial charge in [-0.05, 0) is 32.5 Å². The Morgan fingerprint density at radius 1 is 1.21 bits per heavy atom. The van der Waals surface area contributed by atoms with Gasteiger partial charge in [0, 0.05) is 19.1 Å². The molecule has 0 fully saturated rings. The molecule has 3 nitrogen and oxygen atoms in total. The Balaban J connectivity index is 2.63. The number of nitrogens with zero attached hydrogens (tertiary/aromatic N) is 1. The van der Waals surface area contributed by atoms with Gasteiger partial charge in [-0.3, -0.25) is 0 Å². The molecule has 0 aromatic heterocycles. The van der Waals surface area contributed by atoms with Gasteiger partial charge >= 0.3 is 0 Å². The lowest BCUT2D eigenvalue weighted by atomic mass is 9.94. The number of benzene rings is 1. The van der Waals surface area contributed by atoms with Crippen LogP contribution in [-0.2, 0) is 5.60 Å². The largest absolute Gasteiger partial charge is 0.384 e. The van der Waals surface area contributed by atoms with Crippen LogP contribution in [0.3, 0.4) is 0 Å². The van der Waals surface area contributed by atoms with Crippen molar-refractivity contribution < 1.29 is 5.11 Å². The molecule has 108 valence electrons. The first-order valence-corrected chi connectivity index (χ1v) is 6.99. The molecular weight excluding hydrogens is 236 g/mol. The fourth-order valence-corrected chi connectivity index (χ4v) is 2.13. The van der Waals surface area contributed by atoms with E-state index >= 15 is 0 Å². The van der Waals surface area contributed by atoms with Crippen LogP contribution >= 0.6 is 0 Å². The van der Waals surface area contributed by atoms with E-state index in [0.29, 0.717) is 18.5 Å². The van der Waals surface area contributed by atoms with Gasteiger partial charge in [0.05, 0.1) is 5.60 Å². The molecule has 0 spiro atoms. The lowest BCUT2D eigenvalue weighted by Gasteiger charge is -2.31. The quantitative estimate of drug-likeness (QED) is 0.791. The van der Waals surface area contributed by atoms with Gasteiger partial charge in [-0.1, -0.05) is 44.2 Å². The summed E-state index contributed by atoms with van der Waals surface area (Å²) in [5.74, 6) is 0.536. The summed E-state index contributed by atoms with van der Waals surface area (Å²) in [5.41, 5.74) is 0.121.